The van der Waals surface area contributed by atoms with Gasteiger partial charge in [0.25, 0.3) is 0 Å². The molecule has 0 radical (unpaired) electrons. The Balaban J connectivity index is 1.45. The molecule has 2 fully saturated rings. The van der Waals surface area contributed by atoms with E-state index in [9.17, 15) is 4.79 Å². The van der Waals surface area contributed by atoms with Gasteiger partial charge in [-0.15, -0.1) is 11.3 Å². The molecule has 3 atom stereocenters. The Morgan fingerprint density at radius 3 is 3.11 bits per heavy atom. The summed E-state index contributed by atoms with van der Waals surface area (Å²) < 4.78 is 0. The van der Waals surface area contributed by atoms with Crippen LogP contribution in [0.2, 0.25) is 0 Å². The first kappa shape index (κ1) is 13.1. The van der Waals surface area contributed by atoms with Crippen molar-refractivity contribution in [1.82, 2.24) is 10.3 Å². The lowest BCUT2D eigenvalue weighted by atomic mass is 9.92. The molecule has 1 amide bonds. The molecule has 2 aliphatic carbocycles. The molecule has 1 heterocycles. The molecule has 1 N–H and O–H groups in total. The van der Waals surface area contributed by atoms with Crippen LogP contribution in [0.3, 0.4) is 0 Å². The van der Waals surface area contributed by atoms with Gasteiger partial charge in [0.05, 0.1) is 17.1 Å². The lowest BCUT2D eigenvalue weighted by Gasteiger charge is -2.18. The summed E-state index contributed by atoms with van der Waals surface area (Å²) in [7, 11) is 0. The SMILES string of the molecule is Cc1nc(CC(=O)NC[C@H]2CC[C@@H]3CCC[C@@H]32)cs1. The number of aromatic nitrogens is 1. The number of amides is 1. The number of nitrogens with one attached hydrogen (secondary N) is 1. The van der Waals surface area contributed by atoms with Gasteiger partial charge in [-0.25, -0.2) is 4.98 Å². The van der Waals surface area contributed by atoms with Gasteiger partial charge in [0, 0.05) is 11.9 Å². The summed E-state index contributed by atoms with van der Waals surface area (Å²) in [6.07, 6.45) is 7.34. The van der Waals surface area contributed by atoms with Gasteiger partial charge in [-0.3, -0.25) is 4.79 Å². The van der Waals surface area contributed by atoms with Crippen molar-refractivity contribution in [2.75, 3.05) is 6.54 Å². The molecule has 2 saturated carbocycles. The Morgan fingerprint density at radius 2 is 2.32 bits per heavy atom. The Labute approximate surface area is 118 Å². The van der Waals surface area contributed by atoms with Crippen LogP contribution >= 0.6 is 11.3 Å². The molecule has 19 heavy (non-hydrogen) atoms. The zero-order valence-electron chi connectivity index (χ0n) is 11.5. The van der Waals surface area contributed by atoms with Gasteiger partial charge in [0.1, 0.15) is 0 Å². The minimum absolute atomic E-state index is 0.131. The van der Waals surface area contributed by atoms with Gasteiger partial charge in [0.15, 0.2) is 0 Å². The molecule has 1 aromatic heterocycles. The van der Waals surface area contributed by atoms with Gasteiger partial charge < -0.3 is 5.32 Å². The molecule has 0 saturated heterocycles. The van der Waals surface area contributed by atoms with Crippen LogP contribution in [0.5, 0.6) is 0 Å². The Hall–Kier alpha value is -0.900. The Bertz CT molecular complexity index is 457. The van der Waals surface area contributed by atoms with E-state index in [4.69, 9.17) is 0 Å². The predicted molar refractivity (Wildman–Crippen MR) is 77.1 cm³/mol. The van der Waals surface area contributed by atoms with Crippen LogP contribution < -0.4 is 5.32 Å². The normalized spacial score (nSPS) is 29.4. The number of rotatable bonds is 4. The fourth-order valence-electron chi connectivity index (χ4n) is 3.90. The number of thiazole rings is 1. The summed E-state index contributed by atoms with van der Waals surface area (Å²) in [5.41, 5.74) is 0.908. The molecular weight excluding hydrogens is 256 g/mol. The summed E-state index contributed by atoms with van der Waals surface area (Å²) in [6, 6.07) is 0. The highest BCUT2D eigenvalue weighted by molar-refractivity contribution is 7.09. The van der Waals surface area contributed by atoms with Gasteiger partial charge in [0.2, 0.25) is 5.91 Å². The summed E-state index contributed by atoms with van der Waals surface area (Å²) in [4.78, 5) is 16.3. The summed E-state index contributed by atoms with van der Waals surface area (Å²) >= 11 is 1.61. The van der Waals surface area contributed by atoms with Gasteiger partial charge in [-0.2, -0.15) is 0 Å². The molecule has 3 nitrogen and oxygen atoms in total. The van der Waals surface area contributed by atoms with Crippen LogP contribution in [-0.2, 0) is 11.2 Å². The molecule has 0 unspecified atom stereocenters. The number of aryl methyl sites for hydroxylation is 1. The molecule has 0 aromatic carbocycles. The van der Waals surface area contributed by atoms with E-state index in [1.165, 1.54) is 32.1 Å². The van der Waals surface area contributed by atoms with Crippen molar-refractivity contribution in [2.45, 2.75) is 45.4 Å². The van der Waals surface area contributed by atoms with E-state index in [0.29, 0.717) is 6.42 Å². The molecule has 104 valence electrons. The average Bonchev–Trinajstić information content (AvgIpc) is 3.04. The number of nitrogens with zero attached hydrogens (tertiary/aromatic N) is 1. The second-order valence-corrected chi connectivity index (χ2v) is 7.09. The molecular formula is C15H22N2OS. The third kappa shape index (κ3) is 2.99. The minimum atomic E-state index is 0.131. The fourth-order valence-corrected chi connectivity index (χ4v) is 4.51. The number of hydrogen-bond donors (Lipinski definition) is 1. The maximum Gasteiger partial charge on any atom is 0.226 e. The summed E-state index contributed by atoms with van der Waals surface area (Å²) in [6.45, 7) is 2.86. The zero-order valence-corrected chi connectivity index (χ0v) is 12.3. The standard InChI is InChI=1S/C15H22N2OS/c1-10-17-13(9-19-10)7-15(18)16-8-12-6-5-11-3-2-4-14(11)12/h9,11-12,14H,2-8H2,1H3,(H,16,18)/t11-,12+,14-/m0/s1. The summed E-state index contributed by atoms with van der Waals surface area (Å²) in [5.74, 6) is 2.71. The van der Waals surface area contributed by atoms with E-state index in [0.717, 1.165) is 35.0 Å². The maximum absolute atomic E-state index is 11.9. The van der Waals surface area contributed by atoms with Gasteiger partial charge in [-0.1, -0.05) is 12.8 Å². The van der Waals surface area contributed by atoms with Crippen LogP contribution in [0.25, 0.3) is 0 Å². The average molecular weight is 278 g/mol. The first-order valence-electron chi connectivity index (χ1n) is 7.40. The van der Waals surface area contributed by atoms with Crippen LogP contribution in [0.15, 0.2) is 5.38 Å². The van der Waals surface area contributed by atoms with Gasteiger partial charge >= 0.3 is 0 Å². The van der Waals surface area contributed by atoms with E-state index >= 15 is 0 Å². The Morgan fingerprint density at radius 1 is 1.42 bits per heavy atom. The number of hydrogen-bond acceptors (Lipinski definition) is 3. The largest absolute Gasteiger partial charge is 0.355 e. The molecule has 0 spiro atoms. The highest BCUT2D eigenvalue weighted by Gasteiger charge is 2.38. The number of fused-ring (bicyclic) bond motifs is 1. The molecule has 4 heteroatoms. The van der Waals surface area contributed by atoms with Crippen LogP contribution in [-0.4, -0.2) is 17.4 Å². The van der Waals surface area contributed by atoms with Crippen molar-refractivity contribution in [2.24, 2.45) is 17.8 Å². The first-order chi connectivity index (χ1) is 9.22. The first-order valence-corrected chi connectivity index (χ1v) is 8.28. The van der Waals surface area contributed by atoms with Crippen molar-refractivity contribution in [3.05, 3.63) is 16.1 Å². The van der Waals surface area contributed by atoms with Crippen molar-refractivity contribution in [1.29, 1.82) is 0 Å². The highest BCUT2D eigenvalue weighted by atomic mass is 32.1. The number of carbonyl (C=O) groups excluding carboxylic acids is 1. The topological polar surface area (TPSA) is 42.0 Å². The van der Waals surface area contributed by atoms with Gasteiger partial charge in [-0.05, 0) is 43.9 Å². The third-order valence-electron chi connectivity index (χ3n) is 4.80. The second kappa shape index (κ2) is 5.61. The third-order valence-corrected chi connectivity index (χ3v) is 5.62. The van der Waals surface area contributed by atoms with E-state index in [1.807, 2.05) is 12.3 Å². The zero-order chi connectivity index (χ0) is 13.2. The molecule has 3 rings (SSSR count). The Kier molecular flexibility index (Phi) is 3.87. The van der Waals surface area contributed by atoms with E-state index in [-0.39, 0.29) is 5.91 Å². The van der Waals surface area contributed by atoms with Crippen molar-refractivity contribution in [3.8, 4) is 0 Å². The van der Waals surface area contributed by atoms with Crippen LogP contribution in [0, 0.1) is 24.7 Å². The van der Waals surface area contributed by atoms with Crippen molar-refractivity contribution in [3.63, 3.8) is 0 Å². The molecule has 0 aliphatic heterocycles. The molecule has 1 aromatic rings. The lowest BCUT2D eigenvalue weighted by Crippen LogP contribution is -2.32. The summed E-state index contributed by atoms with van der Waals surface area (Å²) in [5, 5.41) is 6.14. The number of carbonyl (C=O) groups is 1. The van der Waals surface area contributed by atoms with Crippen molar-refractivity contribution < 1.29 is 4.79 Å². The fraction of sp³-hybridized carbons (Fsp3) is 0.733. The predicted octanol–water partition coefficient (Wildman–Crippen LogP) is 2.94. The highest BCUT2D eigenvalue weighted by Crippen LogP contribution is 2.47. The monoisotopic (exact) mass is 278 g/mol. The van der Waals surface area contributed by atoms with E-state index in [1.54, 1.807) is 11.3 Å². The van der Waals surface area contributed by atoms with E-state index < -0.39 is 0 Å². The molecule has 0 bridgehead atoms. The second-order valence-electron chi connectivity index (χ2n) is 6.03. The van der Waals surface area contributed by atoms with Crippen LogP contribution in [0.4, 0.5) is 0 Å². The smallest absolute Gasteiger partial charge is 0.226 e. The maximum atomic E-state index is 11.9. The lowest BCUT2D eigenvalue weighted by molar-refractivity contribution is -0.120. The van der Waals surface area contributed by atoms with Crippen LogP contribution in [0.1, 0.15) is 42.8 Å². The minimum Gasteiger partial charge on any atom is -0.355 e. The van der Waals surface area contributed by atoms with E-state index in [2.05, 4.69) is 10.3 Å². The molecule has 2 aliphatic rings. The van der Waals surface area contributed by atoms with Crippen molar-refractivity contribution >= 4 is 17.2 Å². The quantitative estimate of drug-likeness (QED) is 0.920.